The van der Waals surface area contributed by atoms with Gasteiger partial charge in [-0.15, -0.1) is 0 Å². The minimum absolute atomic E-state index is 0.164. The summed E-state index contributed by atoms with van der Waals surface area (Å²) < 4.78 is 10.3. The highest BCUT2D eigenvalue weighted by Crippen LogP contribution is 2.22. The van der Waals surface area contributed by atoms with Gasteiger partial charge in [0.15, 0.2) is 0 Å². The van der Waals surface area contributed by atoms with Gasteiger partial charge in [-0.25, -0.2) is 0 Å². The lowest BCUT2D eigenvalue weighted by atomic mass is 10.0. The van der Waals surface area contributed by atoms with Gasteiger partial charge in [-0.2, -0.15) is 0 Å². The number of methoxy groups -OCH3 is 1. The number of rotatable bonds is 7. The summed E-state index contributed by atoms with van der Waals surface area (Å²) in [5, 5.41) is 18.2. The maximum Gasteiger partial charge on any atom is 0.147 e. The summed E-state index contributed by atoms with van der Waals surface area (Å²) in [4.78, 5) is 0. The van der Waals surface area contributed by atoms with Crippen molar-refractivity contribution in [2.24, 2.45) is 0 Å². The molecule has 1 rings (SSSR count). The van der Waals surface area contributed by atoms with Gasteiger partial charge >= 0.3 is 0 Å². The highest BCUT2D eigenvalue weighted by atomic mass is 16.7. The fraction of sp³-hybridized carbons (Fsp3) is 0.500. The molecule has 0 spiro atoms. The second-order valence-electron chi connectivity index (χ2n) is 3.54. The summed E-state index contributed by atoms with van der Waals surface area (Å²) in [7, 11) is 1.55. The van der Waals surface area contributed by atoms with E-state index in [1.807, 2.05) is 30.3 Å². The van der Waals surface area contributed by atoms with Crippen LogP contribution in [0, 0.1) is 0 Å². The zero-order chi connectivity index (χ0) is 11.8. The molecule has 1 aromatic rings. The largest absolute Gasteiger partial charge is 0.394 e. The standard InChI is InChI=1S/C12H18O4/c1-15-9-16-12(7-11(14)8-13)10-5-3-2-4-6-10/h2-6,11-14H,7-9H2,1H3/t11-,12-/m0/s1. The molecule has 0 saturated heterocycles. The third kappa shape index (κ3) is 4.28. The summed E-state index contributed by atoms with van der Waals surface area (Å²) in [5.41, 5.74) is 0.965. The molecule has 0 amide bonds. The minimum Gasteiger partial charge on any atom is -0.394 e. The number of hydrogen-bond donors (Lipinski definition) is 2. The highest BCUT2D eigenvalue weighted by Gasteiger charge is 2.16. The van der Waals surface area contributed by atoms with Crippen LogP contribution in [0.1, 0.15) is 18.1 Å². The van der Waals surface area contributed by atoms with Crippen molar-refractivity contribution in [2.75, 3.05) is 20.5 Å². The summed E-state index contributed by atoms with van der Waals surface area (Å²) in [6, 6.07) is 9.57. The fourth-order valence-corrected chi connectivity index (χ4v) is 1.44. The van der Waals surface area contributed by atoms with Crippen LogP contribution in [0.5, 0.6) is 0 Å². The SMILES string of the molecule is COCO[C@@H](C[C@H](O)CO)c1ccccc1. The molecular formula is C12H18O4. The molecule has 4 nitrogen and oxygen atoms in total. The van der Waals surface area contributed by atoms with E-state index in [4.69, 9.17) is 14.6 Å². The zero-order valence-corrected chi connectivity index (χ0v) is 9.37. The molecule has 1 aromatic carbocycles. The Morgan fingerprint density at radius 2 is 1.94 bits per heavy atom. The van der Waals surface area contributed by atoms with Crippen LogP contribution < -0.4 is 0 Å². The molecule has 0 heterocycles. The van der Waals surface area contributed by atoms with E-state index in [0.717, 1.165) is 5.56 Å². The van der Waals surface area contributed by atoms with Gasteiger partial charge in [0.05, 0.1) is 18.8 Å². The maximum absolute atomic E-state index is 9.42. The maximum atomic E-state index is 9.42. The third-order valence-electron chi connectivity index (χ3n) is 2.26. The smallest absolute Gasteiger partial charge is 0.147 e. The number of hydrogen-bond acceptors (Lipinski definition) is 4. The minimum atomic E-state index is -0.776. The van der Waals surface area contributed by atoms with Crippen LogP contribution in [0.4, 0.5) is 0 Å². The van der Waals surface area contributed by atoms with Crippen LogP contribution in [-0.4, -0.2) is 36.8 Å². The molecule has 0 aliphatic heterocycles. The summed E-state index contributed by atoms with van der Waals surface area (Å²) in [6.45, 7) is -0.0998. The lowest BCUT2D eigenvalue weighted by Gasteiger charge is -2.20. The van der Waals surface area contributed by atoms with Gasteiger partial charge in [0.25, 0.3) is 0 Å². The van der Waals surface area contributed by atoms with Crippen LogP contribution in [0.25, 0.3) is 0 Å². The van der Waals surface area contributed by atoms with Gasteiger partial charge in [-0.05, 0) is 5.56 Å². The van der Waals surface area contributed by atoms with Crippen molar-refractivity contribution in [2.45, 2.75) is 18.6 Å². The van der Waals surface area contributed by atoms with Crippen molar-refractivity contribution in [3.05, 3.63) is 35.9 Å². The van der Waals surface area contributed by atoms with Crippen molar-refractivity contribution in [1.82, 2.24) is 0 Å². The molecule has 0 aliphatic carbocycles. The molecule has 0 aromatic heterocycles. The third-order valence-corrected chi connectivity index (χ3v) is 2.26. The molecule has 0 aliphatic rings. The Kier molecular flexibility index (Phi) is 6.03. The Hall–Kier alpha value is -0.940. The first-order chi connectivity index (χ1) is 7.77. The molecular weight excluding hydrogens is 208 g/mol. The van der Waals surface area contributed by atoms with Gasteiger partial charge in [0.2, 0.25) is 0 Å². The summed E-state index contributed by atoms with van der Waals surface area (Å²) >= 11 is 0. The van der Waals surface area contributed by atoms with E-state index in [0.29, 0.717) is 6.42 Å². The van der Waals surface area contributed by atoms with E-state index < -0.39 is 6.10 Å². The Labute approximate surface area is 95.4 Å². The lowest BCUT2D eigenvalue weighted by molar-refractivity contribution is -0.0895. The van der Waals surface area contributed by atoms with Gasteiger partial charge in [0.1, 0.15) is 6.79 Å². The van der Waals surface area contributed by atoms with Crippen LogP contribution in [-0.2, 0) is 9.47 Å². The quantitative estimate of drug-likeness (QED) is 0.683. The second-order valence-corrected chi connectivity index (χ2v) is 3.54. The van der Waals surface area contributed by atoms with Gasteiger partial charge in [0, 0.05) is 13.5 Å². The molecule has 0 fully saturated rings. The normalized spacial score (nSPS) is 14.7. The monoisotopic (exact) mass is 226 g/mol. The molecule has 2 atom stereocenters. The van der Waals surface area contributed by atoms with Gasteiger partial charge < -0.3 is 19.7 Å². The predicted octanol–water partition coefficient (Wildman–Crippen LogP) is 1.09. The van der Waals surface area contributed by atoms with E-state index in [1.54, 1.807) is 7.11 Å². The number of aliphatic hydroxyl groups is 2. The Balaban J connectivity index is 2.63. The molecule has 0 saturated carbocycles. The van der Waals surface area contributed by atoms with Gasteiger partial charge in [-0.3, -0.25) is 0 Å². The van der Waals surface area contributed by atoms with Crippen molar-refractivity contribution in [3.63, 3.8) is 0 Å². The molecule has 16 heavy (non-hydrogen) atoms. The first kappa shape index (κ1) is 13.1. The molecule has 2 N–H and O–H groups in total. The number of benzene rings is 1. The Bertz CT molecular complexity index is 276. The van der Waals surface area contributed by atoms with E-state index in [9.17, 15) is 5.11 Å². The molecule has 90 valence electrons. The Morgan fingerprint density at radius 3 is 2.50 bits per heavy atom. The topological polar surface area (TPSA) is 58.9 Å². The van der Waals surface area contributed by atoms with E-state index >= 15 is 0 Å². The van der Waals surface area contributed by atoms with E-state index in [1.165, 1.54) is 0 Å². The van der Waals surface area contributed by atoms with E-state index in [-0.39, 0.29) is 19.5 Å². The lowest BCUT2D eigenvalue weighted by Crippen LogP contribution is -2.18. The average Bonchev–Trinajstić information content (AvgIpc) is 2.35. The molecule has 0 radical (unpaired) electrons. The fourth-order valence-electron chi connectivity index (χ4n) is 1.44. The van der Waals surface area contributed by atoms with Crippen LogP contribution in [0.15, 0.2) is 30.3 Å². The van der Waals surface area contributed by atoms with Gasteiger partial charge in [-0.1, -0.05) is 30.3 Å². The van der Waals surface area contributed by atoms with Crippen molar-refractivity contribution in [1.29, 1.82) is 0 Å². The van der Waals surface area contributed by atoms with Crippen LogP contribution in [0.3, 0.4) is 0 Å². The highest BCUT2D eigenvalue weighted by molar-refractivity contribution is 5.17. The Morgan fingerprint density at radius 1 is 1.25 bits per heavy atom. The number of aliphatic hydroxyl groups excluding tert-OH is 2. The molecule has 0 bridgehead atoms. The van der Waals surface area contributed by atoms with E-state index in [2.05, 4.69) is 0 Å². The zero-order valence-electron chi connectivity index (χ0n) is 9.37. The van der Waals surface area contributed by atoms with Crippen LogP contribution >= 0.6 is 0 Å². The van der Waals surface area contributed by atoms with Crippen molar-refractivity contribution < 1.29 is 19.7 Å². The summed E-state index contributed by atoms with van der Waals surface area (Å²) in [5.74, 6) is 0. The van der Waals surface area contributed by atoms with Crippen molar-refractivity contribution >= 4 is 0 Å². The molecule has 4 heteroatoms. The first-order valence-corrected chi connectivity index (χ1v) is 5.22. The second kappa shape index (κ2) is 7.35. The van der Waals surface area contributed by atoms with Crippen molar-refractivity contribution in [3.8, 4) is 0 Å². The predicted molar refractivity (Wildman–Crippen MR) is 59.9 cm³/mol. The number of ether oxygens (including phenoxy) is 2. The summed E-state index contributed by atoms with van der Waals surface area (Å²) in [6.07, 6.45) is -0.686. The molecule has 0 unspecified atom stereocenters. The van der Waals surface area contributed by atoms with Crippen LogP contribution in [0.2, 0.25) is 0 Å². The first-order valence-electron chi connectivity index (χ1n) is 5.22. The average molecular weight is 226 g/mol.